The number of ether oxygens (including phenoxy) is 1. The average Bonchev–Trinajstić information content (AvgIpc) is 2.48. The molecule has 104 valence electrons. The molecule has 2 heteroatoms. The van der Waals surface area contributed by atoms with Crippen molar-refractivity contribution in [3.05, 3.63) is 63.7 Å². The molecular weight excluding hydrogens is 248 g/mol. The molecule has 2 nitrogen and oxygen atoms in total. The zero-order chi connectivity index (χ0) is 14.9. The van der Waals surface area contributed by atoms with E-state index in [9.17, 15) is 4.79 Å². The smallest absolute Gasteiger partial charge is 0.343 e. The predicted octanol–water partition coefficient (Wildman–Crippen LogP) is 4.45. The van der Waals surface area contributed by atoms with Gasteiger partial charge in [0.1, 0.15) is 5.75 Å². The Hall–Kier alpha value is -2.09. The van der Waals surface area contributed by atoms with E-state index in [1.54, 1.807) is 12.1 Å². The molecule has 0 bridgehead atoms. The summed E-state index contributed by atoms with van der Waals surface area (Å²) in [5.74, 6) is 0.388. The van der Waals surface area contributed by atoms with Crippen LogP contribution in [-0.4, -0.2) is 5.97 Å². The number of rotatable bonds is 2. The lowest BCUT2D eigenvalue weighted by atomic mass is 9.94. The van der Waals surface area contributed by atoms with Gasteiger partial charge in [-0.25, -0.2) is 4.79 Å². The summed E-state index contributed by atoms with van der Waals surface area (Å²) in [6, 6.07) is 9.08. The number of hydrogen-bond acceptors (Lipinski definition) is 2. The highest BCUT2D eigenvalue weighted by atomic mass is 16.5. The van der Waals surface area contributed by atoms with Crippen LogP contribution in [0.4, 0.5) is 0 Å². The van der Waals surface area contributed by atoms with Crippen LogP contribution in [0.2, 0.25) is 0 Å². The van der Waals surface area contributed by atoms with Crippen LogP contribution in [0.3, 0.4) is 0 Å². The van der Waals surface area contributed by atoms with Gasteiger partial charge in [0.15, 0.2) is 0 Å². The largest absolute Gasteiger partial charge is 0.422 e. The molecule has 20 heavy (non-hydrogen) atoms. The van der Waals surface area contributed by atoms with Gasteiger partial charge < -0.3 is 4.74 Å². The van der Waals surface area contributed by atoms with E-state index in [1.807, 2.05) is 32.0 Å². The van der Waals surface area contributed by atoms with Gasteiger partial charge in [0.25, 0.3) is 0 Å². The lowest BCUT2D eigenvalue weighted by Crippen LogP contribution is -2.11. The van der Waals surface area contributed by atoms with Gasteiger partial charge in [0, 0.05) is 0 Å². The molecule has 0 radical (unpaired) electrons. The average molecular weight is 268 g/mol. The van der Waals surface area contributed by atoms with Gasteiger partial charge in [-0.1, -0.05) is 18.2 Å². The first kappa shape index (κ1) is 14.3. The van der Waals surface area contributed by atoms with Gasteiger partial charge >= 0.3 is 5.97 Å². The number of hydrogen-bond donors (Lipinski definition) is 0. The summed E-state index contributed by atoms with van der Waals surface area (Å²) >= 11 is 0. The van der Waals surface area contributed by atoms with E-state index in [4.69, 9.17) is 4.74 Å². The standard InChI is InChI=1S/C18H20O2/c1-11-12(2)14(4)17(15(5)13(11)3)20-18(19)16-9-7-6-8-10-16/h6-10H,1-5H3. The minimum absolute atomic E-state index is 0.306. The number of benzene rings is 2. The van der Waals surface area contributed by atoms with Crippen LogP contribution >= 0.6 is 0 Å². The maximum atomic E-state index is 12.2. The van der Waals surface area contributed by atoms with Gasteiger partial charge in [0.2, 0.25) is 0 Å². The topological polar surface area (TPSA) is 26.3 Å². The fourth-order valence-electron chi connectivity index (χ4n) is 2.34. The van der Waals surface area contributed by atoms with Gasteiger partial charge in [-0.05, 0) is 74.6 Å². The summed E-state index contributed by atoms with van der Waals surface area (Å²) in [5, 5.41) is 0. The van der Waals surface area contributed by atoms with Gasteiger partial charge in [-0.15, -0.1) is 0 Å². The van der Waals surface area contributed by atoms with Gasteiger partial charge in [-0.2, -0.15) is 0 Å². The molecule has 0 aromatic heterocycles. The molecule has 0 fully saturated rings. The monoisotopic (exact) mass is 268 g/mol. The molecule has 0 N–H and O–H groups in total. The Morgan fingerprint density at radius 1 is 0.750 bits per heavy atom. The fraction of sp³-hybridized carbons (Fsp3) is 0.278. The molecule has 0 amide bonds. The first-order valence-electron chi connectivity index (χ1n) is 6.77. The van der Waals surface area contributed by atoms with Crippen molar-refractivity contribution in [3.63, 3.8) is 0 Å². The first-order valence-corrected chi connectivity index (χ1v) is 6.77. The maximum Gasteiger partial charge on any atom is 0.343 e. The second-order valence-corrected chi connectivity index (χ2v) is 5.21. The quantitative estimate of drug-likeness (QED) is 0.594. The lowest BCUT2D eigenvalue weighted by molar-refractivity contribution is 0.0732. The highest BCUT2D eigenvalue weighted by molar-refractivity contribution is 5.91. The fourth-order valence-corrected chi connectivity index (χ4v) is 2.34. The van der Waals surface area contributed by atoms with Crippen LogP contribution in [0.1, 0.15) is 38.2 Å². The Balaban J connectivity index is 2.43. The van der Waals surface area contributed by atoms with Crippen LogP contribution in [0, 0.1) is 34.6 Å². The van der Waals surface area contributed by atoms with Gasteiger partial charge in [-0.3, -0.25) is 0 Å². The first-order chi connectivity index (χ1) is 9.43. The van der Waals surface area contributed by atoms with Crippen molar-refractivity contribution >= 4 is 5.97 Å². The highest BCUT2D eigenvalue weighted by Gasteiger charge is 2.17. The molecule has 0 aliphatic heterocycles. The van der Waals surface area contributed by atoms with Crippen molar-refractivity contribution in [1.29, 1.82) is 0 Å². The number of esters is 1. The van der Waals surface area contributed by atoms with Crippen LogP contribution in [0.15, 0.2) is 30.3 Å². The molecule has 2 aromatic rings. The summed E-state index contributed by atoms with van der Waals surface area (Å²) < 4.78 is 5.64. The minimum atomic E-state index is -0.306. The van der Waals surface area contributed by atoms with Crippen LogP contribution in [0.25, 0.3) is 0 Å². The second kappa shape index (κ2) is 5.49. The lowest BCUT2D eigenvalue weighted by Gasteiger charge is -2.18. The number of carbonyl (C=O) groups excluding carboxylic acids is 1. The number of carbonyl (C=O) groups is 1. The van der Waals surface area contributed by atoms with Crippen molar-refractivity contribution in [2.75, 3.05) is 0 Å². The zero-order valence-corrected chi connectivity index (χ0v) is 12.7. The molecule has 0 saturated heterocycles. The Morgan fingerprint density at radius 3 is 1.70 bits per heavy atom. The summed E-state index contributed by atoms with van der Waals surface area (Å²) in [6.45, 7) is 10.2. The molecule has 0 heterocycles. The molecular formula is C18H20O2. The Labute approximate surface area is 120 Å². The molecule has 0 spiro atoms. The summed E-state index contributed by atoms with van der Waals surface area (Å²) in [7, 11) is 0. The Kier molecular flexibility index (Phi) is 3.93. The molecule has 0 aliphatic rings. The molecule has 2 aromatic carbocycles. The van der Waals surface area contributed by atoms with E-state index >= 15 is 0 Å². The summed E-state index contributed by atoms with van der Waals surface area (Å²) in [6.07, 6.45) is 0. The SMILES string of the molecule is Cc1c(C)c(C)c(OC(=O)c2ccccc2)c(C)c1C. The minimum Gasteiger partial charge on any atom is -0.422 e. The van der Waals surface area contributed by atoms with Crippen molar-refractivity contribution in [3.8, 4) is 5.75 Å². The van der Waals surface area contributed by atoms with E-state index in [2.05, 4.69) is 20.8 Å². The van der Waals surface area contributed by atoms with Crippen molar-refractivity contribution in [2.24, 2.45) is 0 Å². The third-order valence-corrected chi connectivity index (χ3v) is 4.14. The van der Waals surface area contributed by atoms with E-state index in [1.165, 1.54) is 16.7 Å². The summed E-state index contributed by atoms with van der Waals surface area (Å²) in [5.41, 5.74) is 6.28. The van der Waals surface area contributed by atoms with E-state index in [0.717, 1.165) is 11.1 Å². The molecule has 0 atom stereocenters. The van der Waals surface area contributed by atoms with Gasteiger partial charge in [0.05, 0.1) is 5.56 Å². The van der Waals surface area contributed by atoms with Crippen molar-refractivity contribution in [2.45, 2.75) is 34.6 Å². The maximum absolute atomic E-state index is 12.2. The van der Waals surface area contributed by atoms with Crippen LogP contribution < -0.4 is 4.74 Å². The Bertz CT molecular complexity index is 626. The third kappa shape index (κ3) is 2.46. The molecule has 0 aliphatic carbocycles. The van der Waals surface area contributed by atoms with E-state index in [0.29, 0.717) is 11.3 Å². The Morgan fingerprint density at radius 2 is 1.20 bits per heavy atom. The zero-order valence-electron chi connectivity index (χ0n) is 12.7. The second-order valence-electron chi connectivity index (χ2n) is 5.21. The van der Waals surface area contributed by atoms with E-state index in [-0.39, 0.29) is 5.97 Å². The van der Waals surface area contributed by atoms with Crippen molar-refractivity contribution in [1.82, 2.24) is 0 Å². The molecule has 0 unspecified atom stereocenters. The third-order valence-electron chi connectivity index (χ3n) is 4.14. The summed E-state index contributed by atoms with van der Waals surface area (Å²) in [4.78, 5) is 12.2. The van der Waals surface area contributed by atoms with Crippen LogP contribution in [0.5, 0.6) is 5.75 Å². The predicted molar refractivity (Wildman–Crippen MR) is 81.5 cm³/mol. The van der Waals surface area contributed by atoms with Crippen LogP contribution in [-0.2, 0) is 0 Å². The highest BCUT2D eigenvalue weighted by Crippen LogP contribution is 2.32. The van der Waals surface area contributed by atoms with E-state index < -0.39 is 0 Å². The molecule has 2 rings (SSSR count). The molecule has 0 saturated carbocycles. The normalized spacial score (nSPS) is 10.4. The van der Waals surface area contributed by atoms with Crippen molar-refractivity contribution < 1.29 is 9.53 Å².